The van der Waals surface area contributed by atoms with Crippen LogP contribution in [0.5, 0.6) is 0 Å². The molecule has 0 radical (unpaired) electrons. The predicted octanol–water partition coefficient (Wildman–Crippen LogP) is 38.9. The van der Waals surface area contributed by atoms with Crippen molar-refractivity contribution in [2.24, 2.45) is 0 Å². The molecule has 9 heterocycles. The third-order valence-electron chi connectivity index (χ3n) is 24.7. The second-order valence-electron chi connectivity index (χ2n) is 29.4. The van der Waals surface area contributed by atoms with E-state index in [9.17, 15) is 0 Å². The lowest BCUT2D eigenvalue weighted by atomic mass is 9.58. The van der Waals surface area contributed by atoms with Crippen molar-refractivity contribution in [2.45, 2.75) is 243 Å². The van der Waals surface area contributed by atoms with Crippen molar-refractivity contribution >= 4 is 85.3 Å². The molecule has 0 aromatic heterocycles. The molecule has 0 N–H and O–H groups in total. The summed E-state index contributed by atoms with van der Waals surface area (Å²) in [6, 6.07) is 128. The Morgan fingerprint density at radius 2 is 0.311 bits per heavy atom. The van der Waals surface area contributed by atoms with Gasteiger partial charge in [0.15, 0.2) is 0 Å². The molecule has 15 aromatic rings. The molecule has 0 amide bonds. The molecule has 0 saturated carbocycles. The van der Waals surface area contributed by atoms with Gasteiger partial charge in [-0.25, -0.2) is 0 Å². The van der Waals surface area contributed by atoms with E-state index in [1.807, 2.05) is 208 Å². The first-order valence-electron chi connectivity index (χ1n) is 52.0. The van der Waals surface area contributed by atoms with Crippen LogP contribution in [0.1, 0.15) is 308 Å². The third kappa shape index (κ3) is 18.5. The lowest BCUT2D eigenvalue weighted by molar-refractivity contribution is 0.706. The van der Waals surface area contributed by atoms with Gasteiger partial charge in [-0.3, -0.25) is 0 Å². The number of nitrogens with zero attached hydrogens (tertiary/aromatic N) is 6. The van der Waals surface area contributed by atoms with Crippen molar-refractivity contribution in [3.05, 3.63) is 446 Å². The predicted molar refractivity (Wildman–Crippen MR) is 602 cm³/mol. The van der Waals surface area contributed by atoms with Gasteiger partial charge < -0.3 is 29.4 Å². The van der Waals surface area contributed by atoms with Gasteiger partial charge in [0.05, 0.1) is 56.1 Å². The highest BCUT2D eigenvalue weighted by atomic mass is 15.2. The van der Waals surface area contributed by atoms with Crippen LogP contribution >= 0.6 is 0 Å². The van der Waals surface area contributed by atoms with Crippen molar-refractivity contribution in [1.82, 2.24) is 0 Å². The molecule has 9 aliphatic rings. The van der Waals surface area contributed by atoms with E-state index in [0.29, 0.717) is 0 Å². The first-order valence-corrected chi connectivity index (χ1v) is 52.0. The molecule has 6 nitrogen and oxygen atoms in total. The van der Waals surface area contributed by atoms with E-state index < -0.39 is 5.41 Å². The number of benzene rings is 15. The van der Waals surface area contributed by atoms with Gasteiger partial charge in [-0.05, 0) is 173 Å². The summed E-state index contributed by atoms with van der Waals surface area (Å²) >= 11 is 0. The van der Waals surface area contributed by atoms with E-state index in [4.69, 9.17) is 0 Å². The lowest BCUT2D eigenvalue weighted by Gasteiger charge is -2.54. The summed E-state index contributed by atoms with van der Waals surface area (Å²) in [5.41, 5.74) is 42.9. The number of rotatable bonds is 1. The van der Waals surface area contributed by atoms with Gasteiger partial charge in [0.25, 0.3) is 0 Å². The number of hydrogen-bond acceptors (Lipinski definition) is 6. The average molecular weight is 1800 g/mol. The van der Waals surface area contributed by atoms with Crippen LogP contribution in [-0.4, -0.2) is 21.1 Å². The zero-order chi connectivity index (χ0) is 99.4. The fraction of sp³-hybridized carbons (Fsp3) is 0.302. The van der Waals surface area contributed by atoms with Crippen LogP contribution in [0, 0.1) is 0 Å². The van der Waals surface area contributed by atoms with Crippen molar-refractivity contribution in [3.63, 3.8) is 0 Å². The van der Waals surface area contributed by atoms with Crippen molar-refractivity contribution < 1.29 is 0 Å². The summed E-state index contributed by atoms with van der Waals surface area (Å²) in [5, 5.41) is 0. The molecule has 24 rings (SSSR count). The fourth-order valence-electron chi connectivity index (χ4n) is 20.8. The Hall–Kier alpha value is -12.9. The summed E-state index contributed by atoms with van der Waals surface area (Å²) in [5.74, 6) is 0. The molecule has 0 unspecified atom stereocenters. The van der Waals surface area contributed by atoms with Gasteiger partial charge in [-0.15, -0.1) is 0 Å². The van der Waals surface area contributed by atoms with E-state index >= 15 is 0 Å². The van der Waals surface area contributed by atoms with E-state index in [-0.39, 0.29) is 10.8 Å². The maximum absolute atomic E-state index is 2.63. The molecule has 135 heavy (non-hydrogen) atoms. The maximum atomic E-state index is 2.63. The van der Waals surface area contributed by atoms with Crippen LogP contribution in [0.25, 0.3) is 0 Å². The molecule has 6 heteroatoms. The van der Waals surface area contributed by atoms with Gasteiger partial charge in [-0.2, -0.15) is 0 Å². The molecule has 0 atom stereocenters. The molecule has 9 aliphatic heterocycles. The molecule has 708 valence electrons. The summed E-state index contributed by atoms with van der Waals surface area (Å²) in [6.07, 6.45) is 2.93. The minimum atomic E-state index is -0.405. The van der Waals surface area contributed by atoms with Crippen LogP contribution in [-0.2, 0) is 35.5 Å². The number of hydrogen-bond donors (Lipinski definition) is 0. The smallest absolute Gasteiger partial charge is 0.0782 e. The number of anilines is 15. The highest BCUT2D eigenvalue weighted by Gasteiger charge is 2.56. The van der Waals surface area contributed by atoms with Crippen LogP contribution in [0.2, 0.25) is 0 Å². The Morgan fingerprint density at radius 3 is 0.593 bits per heavy atom. The summed E-state index contributed by atoms with van der Waals surface area (Å²) < 4.78 is 0. The SMILES string of the molecule is CC.CC.CC.CC.CC.CC.CC.CC.CC.CC.CC.CC.CC.CC.CC.CN1c2ccccc2C2(c3ccccc31)c1cccc3c1N1c4c(cccc4Cc4cccc2c41)C3.CN1c2ccccc2C2(c3ccccc31)c1ccccc1N(c1ccccc1)c1ccccc12.CN1c2ccccc2C2(c3ccccc31)c1ccccc1N1c3ccccc3Cc3cccc2c31. The molecule has 0 fully saturated rings. The molecule has 0 aliphatic carbocycles. The molecule has 15 aromatic carbocycles. The monoisotopic (exact) mass is 1800 g/mol. The standard InChI is InChI=1S/C34H24N2.C33H24N2.C32H24N2.15C2H6/c1-35-29-17-4-2-13-25(29)34(26-14-3-5-18-30(26)35)27-15-7-11-23-19-21-9-6-10-22-20-24-12-8-16-28(34)33(24)36(31(21)22)32(23)27;1-34-29-18-7-3-13-24(29)33(25-14-4-8-19-30(25)34)26-15-5-9-20-31(26)35-28-17-6-2-11-22(28)21-23-12-10-16-27(33)32(23)35;1-33-28-19-9-5-15-24(28)32(25-16-6-10-20-29(25)33)26-17-7-11-21-30(26)34(23-13-3-2-4-14-23)31-22-12-8-18-27(31)32;15*1-2/h2-18H,19-20H2,1H3;2-20H,21H2,1H3;2-22H,1H3;15*1-2H3. The normalized spacial score (nSPS) is 12.8. The Labute approximate surface area is 819 Å². The van der Waals surface area contributed by atoms with Crippen molar-refractivity contribution in [2.75, 3.05) is 50.5 Å². The Bertz CT molecular complexity index is 5900. The minimum absolute atomic E-state index is 0.364. The van der Waals surface area contributed by atoms with Crippen LogP contribution in [0.3, 0.4) is 0 Å². The van der Waals surface area contributed by atoms with Crippen LogP contribution in [0.15, 0.2) is 346 Å². The van der Waals surface area contributed by atoms with Gasteiger partial charge in [0, 0.05) is 85.9 Å². The van der Waals surface area contributed by atoms with Crippen molar-refractivity contribution in [3.8, 4) is 0 Å². The second-order valence-corrected chi connectivity index (χ2v) is 29.4. The maximum Gasteiger partial charge on any atom is 0.0782 e. The summed E-state index contributed by atoms with van der Waals surface area (Å²) in [7, 11) is 6.59. The van der Waals surface area contributed by atoms with Crippen molar-refractivity contribution in [1.29, 1.82) is 0 Å². The third-order valence-corrected chi connectivity index (χ3v) is 24.7. The Morgan fingerprint density at radius 1 is 0.141 bits per heavy atom. The second kappa shape index (κ2) is 52.7. The molecular weight excluding hydrogens is 1630 g/mol. The van der Waals surface area contributed by atoms with E-state index in [2.05, 4.69) is 396 Å². The average Bonchev–Trinajstić information content (AvgIpc) is 0.672. The molecule has 3 spiro atoms. The van der Waals surface area contributed by atoms with Gasteiger partial charge in [0.1, 0.15) is 0 Å². The van der Waals surface area contributed by atoms with Gasteiger partial charge >= 0.3 is 0 Å². The summed E-state index contributed by atoms with van der Waals surface area (Å²) in [6.45, 7) is 60.0. The quantitative estimate of drug-likeness (QED) is 0.162. The molecular formula is C129H162N6. The molecule has 0 bridgehead atoms. The highest BCUT2D eigenvalue weighted by molar-refractivity contribution is 6.02. The molecule has 0 saturated heterocycles. The van der Waals surface area contributed by atoms with Gasteiger partial charge in [0.2, 0.25) is 0 Å². The zero-order valence-corrected chi connectivity index (χ0v) is 88.7. The Balaban J connectivity index is 0.000000242. The zero-order valence-electron chi connectivity index (χ0n) is 88.7. The van der Waals surface area contributed by atoms with Crippen LogP contribution < -0.4 is 29.4 Å². The topological polar surface area (TPSA) is 19.4 Å². The summed E-state index contributed by atoms with van der Waals surface area (Å²) in [4.78, 5) is 14.6. The lowest BCUT2D eigenvalue weighted by Crippen LogP contribution is -2.44. The van der Waals surface area contributed by atoms with E-state index in [1.165, 1.54) is 185 Å². The number of para-hydroxylation sites is 15. The minimum Gasteiger partial charge on any atom is -0.344 e. The van der Waals surface area contributed by atoms with E-state index in [1.54, 1.807) is 0 Å². The largest absolute Gasteiger partial charge is 0.344 e. The fourth-order valence-corrected chi connectivity index (χ4v) is 20.8. The number of fused-ring (bicyclic) bond motifs is 24. The first kappa shape index (κ1) is 109. The first-order chi connectivity index (χ1) is 66.9. The highest BCUT2D eigenvalue weighted by Crippen LogP contribution is 2.69. The van der Waals surface area contributed by atoms with Gasteiger partial charge in [-0.1, -0.05) is 481 Å². The van der Waals surface area contributed by atoms with Crippen LogP contribution in [0.4, 0.5) is 85.3 Å². The Kier molecular flexibility index (Phi) is 42.6. The van der Waals surface area contributed by atoms with E-state index in [0.717, 1.165) is 19.3 Å².